The Hall–Kier alpha value is -2.34. The molecule has 0 saturated carbocycles. The van der Waals surface area contributed by atoms with E-state index in [1.54, 1.807) is 12.1 Å². The largest absolute Gasteiger partial charge is 0.471 e. The minimum Gasteiger partial charge on any atom is -0.471 e. The van der Waals surface area contributed by atoms with E-state index < -0.39 is 0 Å². The molecule has 0 atom stereocenters. The summed E-state index contributed by atoms with van der Waals surface area (Å²) >= 11 is 6.02. The summed E-state index contributed by atoms with van der Waals surface area (Å²) in [5.74, 6) is 0.0850. The van der Waals surface area contributed by atoms with Crippen LogP contribution in [0, 0.1) is 0 Å². The van der Waals surface area contributed by atoms with E-state index in [4.69, 9.17) is 27.3 Å². The predicted molar refractivity (Wildman–Crippen MR) is 70.3 cm³/mol. The van der Waals surface area contributed by atoms with Crippen molar-refractivity contribution in [3.8, 4) is 5.88 Å². The maximum atomic E-state index is 8.68. The fourth-order valence-electron chi connectivity index (χ4n) is 1.44. The van der Waals surface area contributed by atoms with Gasteiger partial charge in [-0.25, -0.2) is 0 Å². The van der Waals surface area contributed by atoms with E-state index >= 15 is 0 Å². The molecule has 0 unspecified atom stereocenters. The van der Waals surface area contributed by atoms with E-state index in [9.17, 15) is 0 Å². The second-order valence-electron chi connectivity index (χ2n) is 3.62. The average molecular weight is 279 g/mol. The number of hydrogen-bond acceptors (Lipinski definition) is 5. The fourth-order valence-corrected chi connectivity index (χ4v) is 1.63. The first kappa shape index (κ1) is 13.1. The molecule has 0 fully saturated rings. The third-order valence-corrected chi connectivity index (χ3v) is 2.76. The Labute approximate surface area is 114 Å². The molecule has 19 heavy (non-hydrogen) atoms. The molecule has 7 heteroatoms. The lowest BCUT2D eigenvalue weighted by atomic mass is 10.2. The van der Waals surface area contributed by atoms with Crippen molar-refractivity contribution in [2.45, 2.75) is 6.61 Å². The highest BCUT2D eigenvalue weighted by molar-refractivity contribution is 6.31. The molecule has 0 aliphatic carbocycles. The van der Waals surface area contributed by atoms with Crippen molar-refractivity contribution in [1.29, 1.82) is 0 Å². The van der Waals surface area contributed by atoms with Crippen LogP contribution in [0.25, 0.3) is 0 Å². The average Bonchev–Trinajstić information content (AvgIpc) is 2.46. The van der Waals surface area contributed by atoms with Crippen LogP contribution in [0.3, 0.4) is 0 Å². The van der Waals surface area contributed by atoms with E-state index in [-0.39, 0.29) is 18.3 Å². The quantitative estimate of drug-likeness (QED) is 0.385. The third-order valence-electron chi connectivity index (χ3n) is 2.39. The second kappa shape index (κ2) is 6.01. The highest BCUT2D eigenvalue weighted by Crippen LogP contribution is 2.19. The third kappa shape index (κ3) is 3.11. The van der Waals surface area contributed by atoms with Gasteiger partial charge in [-0.05, 0) is 12.1 Å². The zero-order valence-corrected chi connectivity index (χ0v) is 10.6. The molecular formula is C12H11ClN4O2. The Morgan fingerprint density at radius 1 is 1.37 bits per heavy atom. The van der Waals surface area contributed by atoms with Crippen LogP contribution in [0.4, 0.5) is 0 Å². The van der Waals surface area contributed by atoms with Crippen LogP contribution in [-0.2, 0) is 6.61 Å². The van der Waals surface area contributed by atoms with Crippen molar-refractivity contribution >= 4 is 17.4 Å². The Morgan fingerprint density at radius 3 is 2.89 bits per heavy atom. The predicted octanol–water partition coefficient (Wildman–Crippen LogP) is 1.80. The molecule has 98 valence electrons. The van der Waals surface area contributed by atoms with Crippen molar-refractivity contribution in [1.82, 2.24) is 10.2 Å². The number of hydrogen-bond donors (Lipinski definition) is 2. The van der Waals surface area contributed by atoms with Gasteiger partial charge in [0.15, 0.2) is 5.84 Å². The van der Waals surface area contributed by atoms with Gasteiger partial charge >= 0.3 is 0 Å². The van der Waals surface area contributed by atoms with Gasteiger partial charge in [-0.3, -0.25) is 0 Å². The van der Waals surface area contributed by atoms with Crippen LogP contribution in [0.1, 0.15) is 11.1 Å². The number of oxime groups is 1. The molecule has 1 heterocycles. The highest BCUT2D eigenvalue weighted by Gasteiger charge is 2.10. The van der Waals surface area contributed by atoms with Gasteiger partial charge in [0.25, 0.3) is 0 Å². The molecule has 0 spiro atoms. The number of nitrogens with zero attached hydrogens (tertiary/aromatic N) is 3. The van der Waals surface area contributed by atoms with Crippen molar-refractivity contribution in [3.63, 3.8) is 0 Å². The lowest BCUT2D eigenvalue weighted by molar-refractivity contribution is 0.288. The first-order chi connectivity index (χ1) is 9.22. The summed E-state index contributed by atoms with van der Waals surface area (Å²) in [6, 6.07) is 8.83. The molecule has 0 aliphatic rings. The normalized spacial score (nSPS) is 11.3. The Bertz CT molecular complexity index is 604. The molecule has 2 rings (SSSR count). The Balaban J connectivity index is 2.19. The molecule has 0 amide bonds. The number of aromatic nitrogens is 2. The number of benzene rings is 1. The summed E-state index contributed by atoms with van der Waals surface area (Å²) in [6.45, 7) is 0.212. The van der Waals surface area contributed by atoms with E-state index in [1.165, 1.54) is 6.20 Å². The standard InChI is InChI=1S/C12H11ClN4O2/c13-10-4-2-1-3-8(10)7-19-12-9(11(14)17-18)5-6-15-16-12/h1-6,18H,7H2,(H2,14,17). The molecule has 0 aliphatic heterocycles. The molecule has 2 aromatic rings. The summed E-state index contributed by atoms with van der Waals surface area (Å²) < 4.78 is 5.50. The number of rotatable bonds is 4. The van der Waals surface area contributed by atoms with Gasteiger partial charge < -0.3 is 15.7 Å². The minimum absolute atomic E-state index is 0.0935. The molecule has 0 radical (unpaired) electrons. The van der Waals surface area contributed by atoms with Crippen LogP contribution >= 0.6 is 11.6 Å². The molecule has 3 N–H and O–H groups in total. The topological polar surface area (TPSA) is 93.6 Å². The van der Waals surface area contributed by atoms with Gasteiger partial charge in [-0.2, -0.15) is 5.10 Å². The molecule has 1 aromatic carbocycles. The van der Waals surface area contributed by atoms with E-state index in [0.717, 1.165) is 5.56 Å². The van der Waals surface area contributed by atoms with Gasteiger partial charge in [0, 0.05) is 10.6 Å². The first-order valence-electron chi connectivity index (χ1n) is 5.38. The first-order valence-corrected chi connectivity index (χ1v) is 5.76. The lowest BCUT2D eigenvalue weighted by Gasteiger charge is -2.09. The Morgan fingerprint density at radius 2 is 2.16 bits per heavy atom. The van der Waals surface area contributed by atoms with Crippen LogP contribution in [-0.4, -0.2) is 21.2 Å². The van der Waals surface area contributed by atoms with Gasteiger partial charge in [-0.15, -0.1) is 5.10 Å². The van der Waals surface area contributed by atoms with Crippen LogP contribution < -0.4 is 10.5 Å². The van der Waals surface area contributed by atoms with Crippen molar-refractivity contribution in [2.75, 3.05) is 0 Å². The van der Waals surface area contributed by atoms with Gasteiger partial charge in [0.1, 0.15) is 6.61 Å². The van der Waals surface area contributed by atoms with E-state index in [1.807, 2.05) is 18.2 Å². The van der Waals surface area contributed by atoms with Gasteiger partial charge in [0.2, 0.25) is 5.88 Å². The minimum atomic E-state index is -0.0935. The van der Waals surface area contributed by atoms with Crippen molar-refractivity contribution in [2.24, 2.45) is 10.9 Å². The summed E-state index contributed by atoms with van der Waals surface area (Å²) in [7, 11) is 0. The van der Waals surface area contributed by atoms with Crippen molar-refractivity contribution < 1.29 is 9.94 Å². The van der Waals surface area contributed by atoms with Crippen LogP contribution in [0.15, 0.2) is 41.7 Å². The monoisotopic (exact) mass is 278 g/mol. The van der Waals surface area contributed by atoms with Crippen molar-refractivity contribution in [3.05, 3.63) is 52.7 Å². The molecular weight excluding hydrogens is 268 g/mol. The number of ether oxygens (including phenoxy) is 1. The zero-order valence-electron chi connectivity index (χ0n) is 9.82. The highest BCUT2D eigenvalue weighted by atomic mass is 35.5. The van der Waals surface area contributed by atoms with Crippen LogP contribution in [0.5, 0.6) is 5.88 Å². The SMILES string of the molecule is N/C(=N/O)c1ccnnc1OCc1ccccc1Cl. The smallest absolute Gasteiger partial charge is 0.244 e. The van der Waals surface area contributed by atoms with Gasteiger partial charge in [0.05, 0.1) is 11.8 Å². The zero-order chi connectivity index (χ0) is 13.7. The fraction of sp³-hybridized carbons (Fsp3) is 0.0833. The van der Waals surface area contributed by atoms with E-state index in [0.29, 0.717) is 10.6 Å². The second-order valence-corrected chi connectivity index (χ2v) is 4.02. The summed E-state index contributed by atoms with van der Waals surface area (Å²) in [4.78, 5) is 0. The molecule has 1 aromatic heterocycles. The number of amidine groups is 1. The molecule has 6 nitrogen and oxygen atoms in total. The maximum absolute atomic E-state index is 8.68. The van der Waals surface area contributed by atoms with Crippen LogP contribution in [0.2, 0.25) is 5.02 Å². The Kier molecular flexibility index (Phi) is 4.15. The summed E-state index contributed by atoms with van der Waals surface area (Å²) in [5, 5.41) is 19.7. The number of halogens is 1. The van der Waals surface area contributed by atoms with Gasteiger partial charge in [-0.1, -0.05) is 35.0 Å². The maximum Gasteiger partial charge on any atom is 0.244 e. The summed E-state index contributed by atoms with van der Waals surface area (Å²) in [6.07, 6.45) is 1.43. The van der Waals surface area contributed by atoms with E-state index in [2.05, 4.69) is 15.4 Å². The molecule has 0 saturated heterocycles. The number of nitrogens with two attached hydrogens (primary N) is 1. The lowest BCUT2D eigenvalue weighted by Crippen LogP contribution is -2.16. The summed E-state index contributed by atoms with van der Waals surface area (Å²) in [5.41, 5.74) is 6.69. The molecule has 0 bridgehead atoms.